The van der Waals surface area contributed by atoms with E-state index in [1.54, 1.807) is 12.1 Å². The van der Waals surface area contributed by atoms with Crippen molar-refractivity contribution in [2.75, 3.05) is 23.5 Å². The first-order valence-electron chi connectivity index (χ1n) is 6.17. The van der Waals surface area contributed by atoms with E-state index >= 15 is 0 Å². The Kier molecular flexibility index (Phi) is 4.09. The third-order valence-corrected chi connectivity index (χ3v) is 5.28. The van der Waals surface area contributed by atoms with Crippen LogP contribution in [0.4, 0.5) is 5.69 Å². The van der Waals surface area contributed by atoms with Crippen molar-refractivity contribution >= 4 is 31.5 Å². The molecule has 1 amide bonds. The third-order valence-electron chi connectivity index (χ3n) is 3.23. The van der Waals surface area contributed by atoms with E-state index < -0.39 is 19.9 Å². The lowest BCUT2D eigenvalue weighted by Crippen LogP contribution is -2.27. The largest absolute Gasteiger partial charge is 0.312 e. The SMILES string of the molecule is CS(=O)(=O)c1cccc(N2CC(CS(N)(=O)=O)CC2=O)c1. The van der Waals surface area contributed by atoms with E-state index in [9.17, 15) is 21.6 Å². The van der Waals surface area contributed by atoms with E-state index in [0.717, 1.165) is 6.26 Å². The van der Waals surface area contributed by atoms with Gasteiger partial charge in [0.1, 0.15) is 0 Å². The van der Waals surface area contributed by atoms with Gasteiger partial charge in [-0.05, 0) is 18.2 Å². The summed E-state index contributed by atoms with van der Waals surface area (Å²) in [5, 5.41) is 4.99. The Balaban J connectivity index is 2.25. The minimum atomic E-state index is -3.64. The smallest absolute Gasteiger partial charge is 0.227 e. The molecule has 1 aromatic carbocycles. The fourth-order valence-electron chi connectivity index (χ4n) is 2.35. The molecule has 1 aliphatic heterocycles. The highest BCUT2D eigenvalue weighted by atomic mass is 32.2. The number of rotatable bonds is 4. The van der Waals surface area contributed by atoms with Gasteiger partial charge in [-0.25, -0.2) is 22.0 Å². The normalized spacial score (nSPS) is 20.0. The first-order valence-corrected chi connectivity index (χ1v) is 9.78. The minimum absolute atomic E-state index is 0.0829. The molecule has 0 spiro atoms. The number of sulfone groups is 1. The van der Waals surface area contributed by atoms with Gasteiger partial charge in [0.25, 0.3) is 0 Å². The molecule has 1 aliphatic rings. The summed E-state index contributed by atoms with van der Waals surface area (Å²) in [4.78, 5) is 13.5. The Labute approximate surface area is 123 Å². The maximum atomic E-state index is 12.0. The summed E-state index contributed by atoms with van der Waals surface area (Å²) >= 11 is 0. The molecule has 0 saturated carbocycles. The molecule has 1 atom stereocenters. The van der Waals surface area contributed by atoms with Gasteiger partial charge < -0.3 is 4.90 Å². The molecule has 2 N–H and O–H groups in total. The van der Waals surface area contributed by atoms with E-state index in [-0.39, 0.29) is 35.4 Å². The van der Waals surface area contributed by atoms with Crippen LogP contribution in [0.5, 0.6) is 0 Å². The summed E-state index contributed by atoms with van der Waals surface area (Å²) in [7, 11) is -7.01. The van der Waals surface area contributed by atoms with Crippen LogP contribution in [0.15, 0.2) is 29.2 Å². The molecule has 1 heterocycles. The zero-order chi connectivity index (χ0) is 15.8. The van der Waals surface area contributed by atoms with Gasteiger partial charge in [0.05, 0.1) is 10.6 Å². The quantitative estimate of drug-likeness (QED) is 0.815. The molecule has 7 nitrogen and oxygen atoms in total. The van der Waals surface area contributed by atoms with E-state index in [4.69, 9.17) is 5.14 Å². The standard InChI is InChI=1S/C12H16N2O5S2/c1-20(16,17)11-4-2-3-10(6-11)14-7-9(5-12(14)15)8-21(13,18)19/h2-4,6,9H,5,7-8H2,1H3,(H2,13,18,19). The first-order chi connectivity index (χ1) is 9.56. The second-order valence-corrected chi connectivity index (χ2v) is 8.85. The molecular weight excluding hydrogens is 316 g/mol. The molecule has 9 heteroatoms. The van der Waals surface area contributed by atoms with Crippen LogP contribution in [-0.2, 0) is 24.7 Å². The third kappa shape index (κ3) is 4.02. The molecule has 0 radical (unpaired) electrons. The van der Waals surface area contributed by atoms with Crippen molar-refractivity contribution in [3.05, 3.63) is 24.3 Å². The number of hydrogen-bond acceptors (Lipinski definition) is 5. The van der Waals surface area contributed by atoms with Crippen molar-refractivity contribution in [3.8, 4) is 0 Å². The second-order valence-electron chi connectivity index (χ2n) is 5.17. The number of carbonyl (C=O) groups excluding carboxylic acids is 1. The number of hydrogen-bond donors (Lipinski definition) is 1. The van der Waals surface area contributed by atoms with Crippen molar-refractivity contribution in [2.24, 2.45) is 11.1 Å². The molecule has 116 valence electrons. The van der Waals surface area contributed by atoms with E-state index in [1.165, 1.54) is 17.0 Å². The van der Waals surface area contributed by atoms with Crippen LogP contribution in [0.3, 0.4) is 0 Å². The Hall–Kier alpha value is -1.45. The monoisotopic (exact) mass is 332 g/mol. The van der Waals surface area contributed by atoms with Gasteiger partial charge in [0, 0.05) is 30.8 Å². The summed E-state index contributed by atoms with van der Waals surface area (Å²) in [6, 6.07) is 6.02. The van der Waals surface area contributed by atoms with Gasteiger partial charge in [-0.15, -0.1) is 0 Å². The molecule has 0 bridgehead atoms. The van der Waals surface area contributed by atoms with Gasteiger partial charge in [-0.2, -0.15) is 0 Å². The Morgan fingerprint density at radius 1 is 1.29 bits per heavy atom. The lowest BCUT2D eigenvalue weighted by molar-refractivity contribution is -0.117. The predicted octanol–water partition coefficient (Wildman–Crippen LogP) is -0.268. The maximum absolute atomic E-state index is 12.0. The number of sulfonamides is 1. The zero-order valence-corrected chi connectivity index (χ0v) is 13.0. The van der Waals surface area contributed by atoms with E-state index in [0.29, 0.717) is 5.69 Å². The van der Waals surface area contributed by atoms with Crippen LogP contribution in [0.25, 0.3) is 0 Å². The molecule has 1 saturated heterocycles. The number of nitrogens with zero attached hydrogens (tertiary/aromatic N) is 1. The average molecular weight is 332 g/mol. The van der Waals surface area contributed by atoms with Crippen LogP contribution < -0.4 is 10.0 Å². The summed E-state index contributed by atoms with van der Waals surface area (Å²) in [6.07, 6.45) is 1.17. The second kappa shape index (κ2) is 5.39. The molecule has 1 aromatic rings. The van der Waals surface area contributed by atoms with Crippen LogP contribution in [0.2, 0.25) is 0 Å². The first kappa shape index (κ1) is 15.9. The average Bonchev–Trinajstić information content (AvgIpc) is 2.67. The number of carbonyl (C=O) groups is 1. The summed E-state index contributed by atoms with van der Waals surface area (Å²) in [5.74, 6) is -0.884. The fraction of sp³-hybridized carbons (Fsp3) is 0.417. The van der Waals surface area contributed by atoms with Gasteiger partial charge in [-0.1, -0.05) is 6.07 Å². The van der Waals surface area contributed by atoms with Gasteiger partial charge in [0.15, 0.2) is 9.84 Å². The number of benzene rings is 1. The van der Waals surface area contributed by atoms with E-state index in [2.05, 4.69) is 0 Å². The number of nitrogens with two attached hydrogens (primary N) is 1. The van der Waals surface area contributed by atoms with Crippen LogP contribution in [0, 0.1) is 5.92 Å². The van der Waals surface area contributed by atoms with Crippen LogP contribution >= 0.6 is 0 Å². The number of amides is 1. The van der Waals surface area contributed by atoms with Crippen molar-refractivity contribution in [1.29, 1.82) is 0 Å². The predicted molar refractivity (Wildman–Crippen MR) is 78.0 cm³/mol. The van der Waals surface area contributed by atoms with E-state index in [1.807, 2.05) is 0 Å². The molecule has 0 aliphatic carbocycles. The molecule has 0 aromatic heterocycles. The highest BCUT2D eigenvalue weighted by Crippen LogP contribution is 2.27. The summed E-state index contributed by atoms with van der Waals surface area (Å²) < 4.78 is 45.3. The molecule has 1 unspecified atom stereocenters. The maximum Gasteiger partial charge on any atom is 0.227 e. The van der Waals surface area contributed by atoms with Gasteiger partial charge in [-0.3, -0.25) is 4.79 Å². The van der Waals surface area contributed by atoms with Crippen molar-refractivity contribution in [2.45, 2.75) is 11.3 Å². The zero-order valence-electron chi connectivity index (χ0n) is 11.4. The number of primary sulfonamides is 1. The topological polar surface area (TPSA) is 115 Å². The lowest BCUT2D eigenvalue weighted by atomic mass is 10.1. The molecule has 21 heavy (non-hydrogen) atoms. The fourth-order valence-corrected chi connectivity index (χ4v) is 3.89. The highest BCUT2D eigenvalue weighted by Gasteiger charge is 2.33. The minimum Gasteiger partial charge on any atom is -0.312 e. The van der Waals surface area contributed by atoms with Crippen LogP contribution in [-0.4, -0.2) is 41.3 Å². The Morgan fingerprint density at radius 3 is 2.52 bits per heavy atom. The highest BCUT2D eigenvalue weighted by molar-refractivity contribution is 7.90. The van der Waals surface area contributed by atoms with Crippen LogP contribution in [0.1, 0.15) is 6.42 Å². The molecular formula is C12H16N2O5S2. The van der Waals surface area contributed by atoms with Crippen molar-refractivity contribution in [3.63, 3.8) is 0 Å². The summed E-state index contributed by atoms with van der Waals surface area (Å²) in [6.45, 7) is 0.211. The Bertz CT molecular complexity index is 771. The van der Waals surface area contributed by atoms with Gasteiger partial charge >= 0.3 is 0 Å². The van der Waals surface area contributed by atoms with Crippen molar-refractivity contribution in [1.82, 2.24) is 0 Å². The summed E-state index contributed by atoms with van der Waals surface area (Å²) in [5.41, 5.74) is 0.444. The molecule has 1 fully saturated rings. The van der Waals surface area contributed by atoms with Crippen molar-refractivity contribution < 1.29 is 21.6 Å². The van der Waals surface area contributed by atoms with Gasteiger partial charge in [0.2, 0.25) is 15.9 Å². The lowest BCUT2D eigenvalue weighted by Gasteiger charge is -2.17. The Morgan fingerprint density at radius 2 is 1.95 bits per heavy atom. The number of anilines is 1. The molecule has 2 rings (SSSR count).